The molecular weight excluding hydrogens is 392 g/mol. The van der Waals surface area contributed by atoms with Gasteiger partial charge in [-0.1, -0.05) is 23.7 Å². The number of hydrogen-bond acceptors (Lipinski definition) is 4. The third-order valence-corrected chi connectivity index (χ3v) is 5.96. The fraction of sp³-hybridized carbons (Fsp3) is 0.381. The maximum absolute atomic E-state index is 13.1. The van der Waals surface area contributed by atoms with Crippen molar-refractivity contribution >= 4 is 29.1 Å². The minimum absolute atomic E-state index is 0.0529. The van der Waals surface area contributed by atoms with Crippen LogP contribution in [0.1, 0.15) is 36.6 Å². The number of carbonyl (C=O) groups excluding carboxylic acids is 2. The van der Waals surface area contributed by atoms with Gasteiger partial charge in [0, 0.05) is 30.2 Å². The summed E-state index contributed by atoms with van der Waals surface area (Å²) in [5.74, 6) is 0.340. The zero-order chi connectivity index (χ0) is 20.4. The normalized spacial score (nSPS) is 24.4. The smallest absolute Gasteiger partial charge is 0.298 e. The third-order valence-electron chi connectivity index (χ3n) is 5.71. The highest BCUT2D eigenvalue weighted by molar-refractivity contribution is 6.30. The summed E-state index contributed by atoms with van der Waals surface area (Å²) in [6.07, 6.45) is 3.63. The SMILES string of the molecule is NC(=O)C1CC[NH+](CC(=O)N2N=C(c3ccc(Cl)cc3)C[C@H]2c2ccco2)CC1. The Kier molecular flexibility index (Phi) is 5.69. The van der Waals surface area contributed by atoms with Gasteiger partial charge < -0.3 is 15.1 Å². The first-order valence-electron chi connectivity index (χ1n) is 9.83. The predicted molar refractivity (Wildman–Crippen MR) is 108 cm³/mol. The molecule has 2 aliphatic rings. The van der Waals surface area contributed by atoms with E-state index in [1.165, 1.54) is 0 Å². The molecule has 0 radical (unpaired) electrons. The maximum atomic E-state index is 13.1. The Hall–Kier alpha value is -2.64. The molecule has 152 valence electrons. The van der Waals surface area contributed by atoms with Crippen molar-refractivity contribution in [1.29, 1.82) is 0 Å². The average molecular weight is 416 g/mol. The van der Waals surface area contributed by atoms with E-state index in [0.29, 0.717) is 23.7 Å². The van der Waals surface area contributed by atoms with Crippen molar-refractivity contribution in [3.63, 3.8) is 0 Å². The number of quaternary nitrogens is 1. The van der Waals surface area contributed by atoms with Crippen LogP contribution in [-0.2, 0) is 9.59 Å². The number of benzene rings is 1. The lowest BCUT2D eigenvalue weighted by Gasteiger charge is -2.28. The van der Waals surface area contributed by atoms with Gasteiger partial charge in [0.05, 0.1) is 25.1 Å². The molecule has 2 amide bonds. The zero-order valence-corrected chi connectivity index (χ0v) is 16.8. The third kappa shape index (κ3) is 4.36. The second-order valence-electron chi connectivity index (χ2n) is 7.63. The number of nitrogens with one attached hydrogen (secondary N) is 1. The number of primary amides is 1. The molecule has 3 heterocycles. The van der Waals surface area contributed by atoms with Crippen LogP contribution in [0.25, 0.3) is 0 Å². The molecule has 1 fully saturated rings. The first-order valence-corrected chi connectivity index (χ1v) is 10.2. The van der Waals surface area contributed by atoms with Crippen LogP contribution < -0.4 is 10.6 Å². The minimum Gasteiger partial charge on any atom is -0.467 e. The number of halogens is 1. The number of hydrazone groups is 1. The summed E-state index contributed by atoms with van der Waals surface area (Å²) in [7, 11) is 0. The van der Waals surface area contributed by atoms with Crippen LogP contribution in [0.15, 0.2) is 52.2 Å². The summed E-state index contributed by atoms with van der Waals surface area (Å²) in [4.78, 5) is 25.6. The molecule has 0 spiro atoms. The average Bonchev–Trinajstić information content (AvgIpc) is 3.39. The van der Waals surface area contributed by atoms with Crippen LogP contribution >= 0.6 is 11.6 Å². The molecule has 0 unspecified atom stereocenters. The number of rotatable bonds is 5. The van der Waals surface area contributed by atoms with Gasteiger partial charge in [-0.3, -0.25) is 9.59 Å². The number of nitrogens with two attached hydrogens (primary N) is 1. The first-order chi connectivity index (χ1) is 14.0. The number of piperidine rings is 1. The Balaban J connectivity index is 1.49. The Labute approximate surface area is 174 Å². The van der Waals surface area contributed by atoms with Crippen molar-refractivity contribution in [2.24, 2.45) is 16.8 Å². The molecule has 0 aliphatic carbocycles. The molecule has 0 saturated carbocycles. The van der Waals surface area contributed by atoms with E-state index in [9.17, 15) is 9.59 Å². The molecule has 1 atom stereocenters. The molecule has 3 N–H and O–H groups in total. The van der Waals surface area contributed by atoms with Gasteiger partial charge >= 0.3 is 0 Å². The van der Waals surface area contributed by atoms with Gasteiger partial charge in [-0.2, -0.15) is 5.10 Å². The molecule has 4 rings (SSSR count). The maximum Gasteiger partial charge on any atom is 0.298 e. The number of nitrogens with zero attached hydrogens (tertiary/aromatic N) is 2. The monoisotopic (exact) mass is 415 g/mol. The number of amides is 2. The Morgan fingerprint density at radius 2 is 1.93 bits per heavy atom. The summed E-state index contributed by atoms with van der Waals surface area (Å²) in [5, 5.41) is 6.85. The summed E-state index contributed by atoms with van der Waals surface area (Å²) in [6.45, 7) is 1.85. The Morgan fingerprint density at radius 3 is 2.55 bits per heavy atom. The van der Waals surface area contributed by atoms with Gasteiger partial charge in [0.2, 0.25) is 5.91 Å². The number of furan rings is 1. The van der Waals surface area contributed by atoms with Gasteiger partial charge in [-0.15, -0.1) is 0 Å². The largest absolute Gasteiger partial charge is 0.467 e. The van der Waals surface area contributed by atoms with Gasteiger partial charge in [0.1, 0.15) is 11.8 Å². The lowest BCUT2D eigenvalue weighted by Crippen LogP contribution is -3.14. The number of carbonyl (C=O) groups is 2. The van der Waals surface area contributed by atoms with Crippen molar-refractivity contribution < 1.29 is 18.9 Å². The van der Waals surface area contributed by atoms with Crippen molar-refractivity contribution in [3.05, 3.63) is 59.0 Å². The fourth-order valence-corrected chi connectivity index (χ4v) is 4.17. The molecule has 0 bridgehead atoms. The van der Waals surface area contributed by atoms with Gasteiger partial charge in [0.25, 0.3) is 5.91 Å². The topological polar surface area (TPSA) is 93.3 Å². The highest BCUT2D eigenvalue weighted by atomic mass is 35.5. The van der Waals surface area contributed by atoms with Crippen molar-refractivity contribution in [2.45, 2.75) is 25.3 Å². The van der Waals surface area contributed by atoms with Crippen molar-refractivity contribution in [3.8, 4) is 0 Å². The van der Waals surface area contributed by atoms with Crippen molar-refractivity contribution in [1.82, 2.24) is 5.01 Å². The molecule has 1 aromatic carbocycles. The predicted octanol–water partition coefficient (Wildman–Crippen LogP) is 1.39. The first kappa shape index (κ1) is 19.7. The van der Waals surface area contributed by atoms with Crippen LogP contribution in [-0.4, -0.2) is 42.2 Å². The highest BCUT2D eigenvalue weighted by Crippen LogP contribution is 2.33. The molecule has 2 aromatic rings. The molecule has 1 aromatic heterocycles. The van der Waals surface area contributed by atoms with Crippen LogP contribution in [0.2, 0.25) is 5.02 Å². The molecule has 2 aliphatic heterocycles. The van der Waals surface area contributed by atoms with E-state index in [2.05, 4.69) is 5.10 Å². The van der Waals surface area contributed by atoms with E-state index in [1.807, 2.05) is 36.4 Å². The second-order valence-corrected chi connectivity index (χ2v) is 8.07. The van der Waals surface area contributed by atoms with E-state index < -0.39 is 0 Å². The van der Waals surface area contributed by atoms with E-state index in [-0.39, 0.29) is 23.8 Å². The summed E-state index contributed by atoms with van der Waals surface area (Å²) in [5.41, 5.74) is 7.18. The standard InChI is InChI=1S/C21H23ClN4O3/c22-16-5-3-14(4-6-16)17-12-18(19-2-1-11-29-19)26(24-17)20(27)13-25-9-7-15(8-10-25)21(23)28/h1-6,11,15,18H,7-10,12-13H2,(H2,23,28)/p+1/t18-/m0/s1. The van der Waals surface area contributed by atoms with Crippen LogP contribution in [0.3, 0.4) is 0 Å². The molecule has 1 saturated heterocycles. The zero-order valence-electron chi connectivity index (χ0n) is 16.0. The quantitative estimate of drug-likeness (QED) is 0.772. The summed E-state index contributed by atoms with van der Waals surface area (Å²) in [6, 6.07) is 10.9. The second kappa shape index (κ2) is 8.39. The highest BCUT2D eigenvalue weighted by Gasteiger charge is 2.37. The molecular formula is C21H24ClN4O3+. The van der Waals surface area contributed by atoms with Crippen LogP contribution in [0.5, 0.6) is 0 Å². The number of likely N-dealkylation sites (tertiary alicyclic amines) is 1. The van der Waals surface area contributed by atoms with Crippen molar-refractivity contribution in [2.75, 3.05) is 19.6 Å². The van der Waals surface area contributed by atoms with Crippen LogP contribution in [0.4, 0.5) is 0 Å². The molecule has 7 nitrogen and oxygen atoms in total. The number of hydrogen-bond donors (Lipinski definition) is 2. The molecule has 8 heteroatoms. The Bertz CT molecular complexity index is 903. The van der Waals surface area contributed by atoms with Crippen LogP contribution in [0, 0.1) is 5.92 Å². The van der Waals surface area contributed by atoms with Gasteiger partial charge in [-0.05, 0) is 29.8 Å². The summed E-state index contributed by atoms with van der Waals surface area (Å²) >= 11 is 5.99. The fourth-order valence-electron chi connectivity index (χ4n) is 4.04. The molecule has 29 heavy (non-hydrogen) atoms. The van der Waals surface area contributed by atoms with E-state index >= 15 is 0 Å². The lowest BCUT2D eigenvalue weighted by molar-refractivity contribution is -0.898. The lowest BCUT2D eigenvalue weighted by atomic mass is 9.96. The van der Waals surface area contributed by atoms with E-state index in [0.717, 1.165) is 42.1 Å². The Morgan fingerprint density at radius 1 is 1.21 bits per heavy atom. The van der Waals surface area contributed by atoms with Gasteiger partial charge in [-0.25, -0.2) is 5.01 Å². The minimum atomic E-state index is -0.259. The summed E-state index contributed by atoms with van der Waals surface area (Å²) < 4.78 is 5.59. The van der Waals surface area contributed by atoms with E-state index in [1.54, 1.807) is 11.3 Å². The van der Waals surface area contributed by atoms with Gasteiger partial charge in [0.15, 0.2) is 6.54 Å². The van der Waals surface area contributed by atoms with E-state index in [4.69, 9.17) is 21.8 Å².